The smallest absolute Gasteiger partial charge is 0.165 e. The van der Waals surface area contributed by atoms with Crippen molar-refractivity contribution in [1.82, 2.24) is 4.90 Å². The van der Waals surface area contributed by atoms with Gasteiger partial charge in [0.2, 0.25) is 0 Å². The summed E-state index contributed by atoms with van der Waals surface area (Å²) >= 11 is 12.5. The van der Waals surface area contributed by atoms with Crippen LogP contribution in [0, 0.1) is 0 Å². The molecule has 0 saturated heterocycles. The number of benzene rings is 1. The van der Waals surface area contributed by atoms with E-state index in [1.165, 1.54) is 12.8 Å². The second-order valence-electron chi connectivity index (χ2n) is 5.62. The average Bonchev–Trinajstić information content (AvgIpc) is 2.48. The summed E-state index contributed by atoms with van der Waals surface area (Å²) in [5.74, 6) is 0.544. The maximum atomic E-state index is 12.2. The molecule has 124 valence electrons. The van der Waals surface area contributed by atoms with Crippen LogP contribution in [0.25, 0.3) is 0 Å². The fraction of sp³-hybridized carbons (Fsp3) is 0.588. The average molecular weight is 346 g/mol. The molecule has 1 aromatic rings. The van der Waals surface area contributed by atoms with Gasteiger partial charge in [0, 0.05) is 18.5 Å². The third-order valence-corrected chi connectivity index (χ3v) is 4.25. The Morgan fingerprint density at radius 3 is 2.50 bits per heavy atom. The number of halogens is 2. The van der Waals surface area contributed by atoms with Gasteiger partial charge in [-0.05, 0) is 32.6 Å². The molecule has 5 heteroatoms. The molecule has 0 spiro atoms. The van der Waals surface area contributed by atoms with Gasteiger partial charge >= 0.3 is 0 Å². The van der Waals surface area contributed by atoms with Crippen molar-refractivity contribution in [1.29, 1.82) is 0 Å². The van der Waals surface area contributed by atoms with Crippen molar-refractivity contribution in [3.8, 4) is 5.75 Å². The van der Waals surface area contributed by atoms with Crippen molar-refractivity contribution in [2.75, 3.05) is 27.2 Å². The van der Waals surface area contributed by atoms with Gasteiger partial charge in [-0.3, -0.25) is 4.79 Å². The van der Waals surface area contributed by atoms with Crippen LogP contribution in [0.3, 0.4) is 0 Å². The molecule has 0 aliphatic heterocycles. The van der Waals surface area contributed by atoms with Crippen molar-refractivity contribution < 1.29 is 9.53 Å². The van der Waals surface area contributed by atoms with Crippen LogP contribution in [-0.4, -0.2) is 37.9 Å². The molecule has 0 radical (unpaired) electrons. The molecule has 0 saturated carbocycles. The molecule has 3 nitrogen and oxygen atoms in total. The molecule has 0 bridgehead atoms. The molecule has 0 fully saturated rings. The number of nitrogens with zero attached hydrogens (tertiary/aromatic N) is 1. The minimum Gasteiger partial charge on any atom is -0.492 e. The van der Waals surface area contributed by atoms with Crippen LogP contribution < -0.4 is 4.74 Å². The third kappa shape index (κ3) is 6.15. The molecule has 0 amide bonds. The highest BCUT2D eigenvalue weighted by Crippen LogP contribution is 2.35. The van der Waals surface area contributed by atoms with Crippen LogP contribution in [0.1, 0.15) is 49.4 Å². The number of hydrogen-bond donors (Lipinski definition) is 0. The van der Waals surface area contributed by atoms with Crippen LogP contribution >= 0.6 is 23.2 Å². The highest BCUT2D eigenvalue weighted by molar-refractivity contribution is 6.44. The standard InChI is InChI=1S/C17H25Cl2NO2/c1-4-5-6-7-12-22-15-9-8-13(16(18)17(15)19)14(21)10-11-20(2)3/h8-9H,4-7,10-12H2,1-3H3. The number of unbranched alkanes of at least 4 members (excludes halogenated alkanes) is 3. The summed E-state index contributed by atoms with van der Waals surface area (Å²) in [7, 11) is 3.86. The van der Waals surface area contributed by atoms with Gasteiger partial charge in [0.25, 0.3) is 0 Å². The topological polar surface area (TPSA) is 29.5 Å². The molecule has 0 N–H and O–H groups in total. The van der Waals surface area contributed by atoms with Crippen LogP contribution in [-0.2, 0) is 0 Å². The zero-order valence-electron chi connectivity index (χ0n) is 13.6. The molecule has 0 atom stereocenters. The molecular weight excluding hydrogens is 321 g/mol. The van der Waals surface area contributed by atoms with Crippen molar-refractivity contribution in [3.05, 3.63) is 27.7 Å². The number of hydrogen-bond acceptors (Lipinski definition) is 3. The van der Waals surface area contributed by atoms with Gasteiger partial charge in [-0.25, -0.2) is 0 Å². The number of ketones is 1. The molecule has 0 heterocycles. The van der Waals surface area contributed by atoms with E-state index in [0.717, 1.165) is 12.8 Å². The van der Waals surface area contributed by atoms with Crippen molar-refractivity contribution in [3.63, 3.8) is 0 Å². The highest BCUT2D eigenvalue weighted by atomic mass is 35.5. The monoisotopic (exact) mass is 345 g/mol. The first-order valence-corrected chi connectivity index (χ1v) is 8.51. The largest absolute Gasteiger partial charge is 0.492 e. The van der Waals surface area contributed by atoms with Crippen LogP contribution in [0.2, 0.25) is 10.0 Å². The Balaban J connectivity index is 2.65. The number of Topliss-reactive ketones (excluding diaryl/α,β-unsaturated/α-hetero) is 1. The lowest BCUT2D eigenvalue weighted by molar-refractivity contribution is 0.0972. The summed E-state index contributed by atoms with van der Waals surface area (Å²) in [4.78, 5) is 14.1. The summed E-state index contributed by atoms with van der Waals surface area (Å²) in [5, 5.41) is 0.615. The Bertz CT molecular complexity index is 490. The Morgan fingerprint density at radius 2 is 1.86 bits per heavy atom. The van der Waals surface area contributed by atoms with Gasteiger partial charge in [-0.2, -0.15) is 0 Å². The number of ether oxygens (including phenoxy) is 1. The lowest BCUT2D eigenvalue weighted by Gasteiger charge is -2.13. The Morgan fingerprint density at radius 1 is 1.14 bits per heavy atom. The van der Waals surface area contributed by atoms with E-state index < -0.39 is 0 Å². The summed E-state index contributed by atoms with van der Waals surface area (Å²) in [6.07, 6.45) is 4.95. The molecule has 1 rings (SSSR count). The molecule has 0 aliphatic rings. The summed E-state index contributed by atoms with van der Waals surface area (Å²) in [5.41, 5.74) is 0.465. The van der Waals surface area contributed by atoms with E-state index in [1.54, 1.807) is 12.1 Å². The zero-order valence-corrected chi connectivity index (χ0v) is 15.1. The number of carbonyl (C=O) groups is 1. The summed E-state index contributed by atoms with van der Waals surface area (Å²) in [6.45, 7) is 3.47. The second kappa shape index (κ2) is 10.1. The van der Waals surface area contributed by atoms with Gasteiger partial charge in [0.1, 0.15) is 10.8 Å². The van der Waals surface area contributed by atoms with Crippen LogP contribution in [0.5, 0.6) is 5.75 Å². The van der Waals surface area contributed by atoms with E-state index >= 15 is 0 Å². The Kier molecular flexibility index (Phi) is 8.84. The maximum Gasteiger partial charge on any atom is 0.165 e. The predicted molar refractivity (Wildman–Crippen MR) is 93.6 cm³/mol. The molecule has 0 unspecified atom stereocenters. The van der Waals surface area contributed by atoms with Gasteiger partial charge in [-0.1, -0.05) is 49.4 Å². The predicted octanol–water partition coefficient (Wildman–Crippen LogP) is 5.09. The van der Waals surface area contributed by atoms with E-state index in [0.29, 0.717) is 35.9 Å². The Hall–Kier alpha value is -0.770. The Labute approximate surface area is 143 Å². The molecule has 1 aromatic carbocycles. The quantitative estimate of drug-likeness (QED) is 0.437. The van der Waals surface area contributed by atoms with E-state index in [9.17, 15) is 4.79 Å². The first kappa shape index (κ1) is 19.3. The fourth-order valence-electron chi connectivity index (χ4n) is 2.03. The number of carbonyl (C=O) groups excluding carboxylic acids is 1. The number of rotatable bonds is 10. The van der Waals surface area contributed by atoms with Crippen LogP contribution in [0.4, 0.5) is 0 Å². The normalized spacial score (nSPS) is 11.0. The molecule has 0 aromatic heterocycles. The van der Waals surface area contributed by atoms with E-state index in [1.807, 2.05) is 19.0 Å². The minimum atomic E-state index is -0.00454. The first-order chi connectivity index (χ1) is 10.5. The van der Waals surface area contributed by atoms with Gasteiger partial charge in [0.15, 0.2) is 5.78 Å². The summed E-state index contributed by atoms with van der Waals surface area (Å²) < 4.78 is 5.66. The first-order valence-electron chi connectivity index (χ1n) is 7.76. The van der Waals surface area contributed by atoms with Crippen molar-refractivity contribution >= 4 is 29.0 Å². The lowest BCUT2D eigenvalue weighted by Crippen LogP contribution is -2.17. The SMILES string of the molecule is CCCCCCOc1ccc(C(=O)CCN(C)C)c(Cl)c1Cl. The minimum absolute atomic E-state index is 0.00454. The van der Waals surface area contributed by atoms with E-state index in [-0.39, 0.29) is 10.8 Å². The van der Waals surface area contributed by atoms with E-state index in [2.05, 4.69) is 6.92 Å². The van der Waals surface area contributed by atoms with Gasteiger partial charge in [-0.15, -0.1) is 0 Å². The zero-order chi connectivity index (χ0) is 16.5. The van der Waals surface area contributed by atoms with E-state index in [4.69, 9.17) is 27.9 Å². The lowest BCUT2D eigenvalue weighted by atomic mass is 10.1. The van der Waals surface area contributed by atoms with Crippen LogP contribution in [0.15, 0.2) is 12.1 Å². The summed E-state index contributed by atoms with van der Waals surface area (Å²) in [6, 6.07) is 3.44. The molecule has 0 aliphatic carbocycles. The van der Waals surface area contributed by atoms with Crippen molar-refractivity contribution in [2.45, 2.75) is 39.0 Å². The maximum absolute atomic E-state index is 12.2. The second-order valence-corrected chi connectivity index (χ2v) is 6.38. The third-order valence-electron chi connectivity index (χ3n) is 3.39. The van der Waals surface area contributed by atoms with Gasteiger partial charge < -0.3 is 9.64 Å². The fourth-order valence-corrected chi connectivity index (χ4v) is 2.51. The van der Waals surface area contributed by atoms with Gasteiger partial charge in [0.05, 0.1) is 11.6 Å². The van der Waals surface area contributed by atoms with Crippen molar-refractivity contribution in [2.24, 2.45) is 0 Å². The highest BCUT2D eigenvalue weighted by Gasteiger charge is 2.16. The molecular formula is C17H25Cl2NO2. The molecule has 22 heavy (non-hydrogen) atoms.